The van der Waals surface area contributed by atoms with Gasteiger partial charge in [0.2, 0.25) is 5.89 Å². The van der Waals surface area contributed by atoms with Gasteiger partial charge in [-0.05, 0) is 77.0 Å². The molecule has 2 heterocycles. The zero-order chi connectivity index (χ0) is 26.6. The topological polar surface area (TPSA) is 130 Å². The van der Waals surface area contributed by atoms with E-state index in [1.54, 1.807) is 6.07 Å². The zero-order valence-corrected chi connectivity index (χ0v) is 22.1. The zero-order valence-electron chi connectivity index (χ0n) is 22.1. The Hall–Kier alpha value is -3.45. The lowest BCUT2D eigenvalue weighted by atomic mass is 9.80. The molecule has 3 aromatic rings. The van der Waals surface area contributed by atoms with Crippen LogP contribution in [0.15, 0.2) is 29.0 Å². The minimum Gasteiger partial charge on any atom is -0.465 e. The highest BCUT2D eigenvalue weighted by atomic mass is 16.5. The average molecular weight is 509 g/mol. The van der Waals surface area contributed by atoms with E-state index in [0.717, 1.165) is 43.3 Å². The third-order valence-electron chi connectivity index (χ3n) is 7.02. The number of nitriles is 1. The van der Waals surface area contributed by atoms with Crippen LogP contribution in [0.2, 0.25) is 0 Å². The Kier molecular flexibility index (Phi) is 8.13. The minimum absolute atomic E-state index is 0.0549. The number of aromatic nitrogens is 4. The van der Waals surface area contributed by atoms with Crippen LogP contribution in [0.1, 0.15) is 70.7 Å². The molecule has 0 bridgehead atoms. The SMILES string of the molecule is CC(C)OCc1noc(C(C)(C)CN(CC2CCCC(Cn3cnc4ccc(C#N)cc43)C2)C(=O)O)n1. The molecule has 1 N–H and O–H groups in total. The Bertz CT molecular complexity index is 1260. The van der Waals surface area contributed by atoms with Crippen molar-refractivity contribution in [1.29, 1.82) is 5.26 Å². The summed E-state index contributed by atoms with van der Waals surface area (Å²) >= 11 is 0. The number of benzene rings is 1. The number of nitrogens with zero attached hydrogens (tertiary/aromatic N) is 6. The lowest BCUT2D eigenvalue weighted by molar-refractivity contribution is 0.0601. The molecule has 198 valence electrons. The van der Waals surface area contributed by atoms with Crippen molar-refractivity contribution in [2.24, 2.45) is 11.8 Å². The van der Waals surface area contributed by atoms with Crippen LogP contribution in [0.4, 0.5) is 4.79 Å². The van der Waals surface area contributed by atoms with Crippen LogP contribution >= 0.6 is 0 Å². The normalized spacial score (nSPS) is 18.3. The Morgan fingerprint density at radius 2 is 2.14 bits per heavy atom. The van der Waals surface area contributed by atoms with Crippen LogP contribution in [-0.4, -0.2) is 55.0 Å². The summed E-state index contributed by atoms with van der Waals surface area (Å²) in [5, 5.41) is 23.3. The summed E-state index contributed by atoms with van der Waals surface area (Å²) in [6.07, 6.45) is 5.05. The molecule has 1 aliphatic rings. The number of imidazole rings is 1. The van der Waals surface area contributed by atoms with E-state index in [1.165, 1.54) is 4.90 Å². The standard InChI is InChI=1S/C27H36N6O4/c1-18(2)36-15-24-30-25(37-31-24)27(3,4)16-32(26(34)35)13-20-6-5-7-21(10-20)14-33-17-29-22-9-8-19(12-28)11-23(22)33/h8-9,11,17-18,20-21H,5-7,10,13-16H2,1-4H3,(H,34,35). The van der Waals surface area contributed by atoms with Gasteiger partial charge in [-0.15, -0.1) is 0 Å². The average Bonchev–Trinajstić information content (AvgIpc) is 3.50. The summed E-state index contributed by atoms with van der Waals surface area (Å²) in [5.41, 5.74) is 1.83. The first kappa shape index (κ1) is 26.6. The van der Waals surface area contributed by atoms with Crippen LogP contribution in [0.25, 0.3) is 11.0 Å². The summed E-state index contributed by atoms with van der Waals surface area (Å²) < 4.78 is 13.1. The van der Waals surface area contributed by atoms with E-state index in [1.807, 2.05) is 46.2 Å². The Labute approximate surface area is 217 Å². The molecular weight excluding hydrogens is 472 g/mol. The molecule has 2 aromatic heterocycles. The first-order valence-electron chi connectivity index (χ1n) is 12.9. The minimum atomic E-state index is -0.942. The number of rotatable bonds is 10. The molecule has 10 heteroatoms. The second-order valence-corrected chi connectivity index (χ2v) is 11.0. The van der Waals surface area contributed by atoms with E-state index in [0.29, 0.717) is 29.7 Å². The number of hydrogen-bond acceptors (Lipinski definition) is 7. The fraction of sp³-hybridized carbons (Fsp3) is 0.593. The van der Waals surface area contributed by atoms with Crippen molar-refractivity contribution < 1.29 is 19.2 Å². The maximum absolute atomic E-state index is 12.2. The molecule has 4 rings (SSSR count). The number of carbonyl (C=O) groups is 1. The highest BCUT2D eigenvalue weighted by Gasteiger charge is 2.34. The van der Waals surface area contributed by atoms with Gasteiger partial charge >= 0.3 is 6.09 Å². The van der Waals surface area contributed by atoms with Gasteiger partial charge < -0.3 is 23.8 Å². The molecule has 2 atom stereocenters. The quantitative estimate of drug-likeness (QED) is 0.406. The predicted molar refractivity (Wildman–Crippen MR) is 137 cm³/mol. The van der Waals surface area contributed by atoms with Crippen molar-refractivity contribution in [1.82, 2.24) is 24.6 Å². The van der Waals surface area contributed by atoms with Gasteiger partial charge in [0.1, 0.15) is 6.61 Å². The smallest absolute Gasteiger partial charge is 0.407 e. The fourth-order valence-corrected chi connectivity index (χ4v) is 5.18. The largest absolute Gasteiger partial charge is 0.465 e. The van der Waals surface area contributed by atoms with E-state index < -0.39 is 11.5 Å². The van der Waals surface area contributed by atoms with Crippen LogP contribution in [0, 0.1) is 23.2 Å². The van der Waals surface area contributed by atoms with E-state index in [-0.39, 0.29) is 25.2 Å². The van der Waals surface area contributed by atoms with Crippen LogP contribution in [0.3, 0.4) is 0 Å². The van der Waals surface area contributed by atoms with E-state index in [4.69, 9.17) is 9.26 Å². The molecule has 37 heavy (non-hydrogen) atoms. The summed E-state index contributed by atoms with van der Waals surface area (Å²) in [6.45, 7) is 9.52. The van der Waals surface area contributed by atoms with Gasteiger partial charge in [-0.2, -0.15) is 10.2 Å². The maximum Gasteiger partial charge on any atom is 0.407 e. The number of amides is 1. The Morgan fingerprint density at radius 1 is 1.35 bits per heavy atom. The summed E-state index contributed by atoms with van der Waals surface area (Å²) in [5.74, 6) is 1.56. The molecule has 0 radical (unpaired) electrons. The molecular formula is C27H36N6O4. The molecule has 2 unspecified atom stereocenters. The van der Waals surface area contributed by atoms with Crippen molar-refractivity contribution >= 4 is 17.1 Å². The van der Waals surface area contributed by atoms with Crippen molar-refractivity contribution in [3.05, 3.63) is 41.8 Å². The lowest BCUT2D eigenvalue weighted by Gasteiger charge is -2.35. The fourth-order valence-electron chi connectivity index (χ4n) is 5.18. The van der Waals surface area contributed by atoms with Gasteiger partial charge in [0.05, 0.1) is 40.5 Å². The Morgan fingerprint density at radius 3 is 2.86 bits per heavy atom. The first-order chi connectivity index (χ1) is 17.6. The highest BCUT2D eigenvalue weighted by Crippen LogP contribution is 2.33. The summed E-state index contributed by atoms with van der Waals surface area (Å²) in [6, 6.07) is 7.75. The van der Waals surface area contributed by atoms with Gasteiger partial charge in [0.25, 0.3) is 0 Å². The van der Waals surface area contributed by atoms with Gasteiger partial charge in [-0.25, -0.2) is 9.78 Å². The number of ether oxygens (including phenoxy) is 1. The van der Waals surface area contributed by atoms with Crippen LogP contribution in [-0.2, 0) is 23.3 Å². The van der Waals surface area contributed by atoms with Crippen molar-refractivity contribution in [3.8, 4) is 6.07 Å². The number of carboxylic acid groups (broad SMARTS) is 1. The van der Waals surface area contributed by atoms with Crippen molar-refractivity contribution in [2.45, 2.75) is 78.0 Å². The summed E-state index contributed by atoms with van der Waals surface area (Å²) in [7, 11) is 0. The summed E-state index contributed by atoms with van der Waals surface area (Å²) in [4.78, 5) is 22.6. The molecule has 1 aromatic carbocycles. The predicted octanol–water partition coefficient (Wildman–Crippen LogP) is 4.98. The molecule has 10 nitrogen and oxygen atoms in total. The monoisotopic (exact) mass is 508 g/mol. The van der Waals surface area contributed by atoms with Gasteiger partial charge in [-0.3, -0.25) is 0 Å². The van der Waals surface area contributed by atoms with Crippen molar-refractivity contribution in [2.75, 3.05) is 13.1 Å². The van der Waals surface area contributed by atoms with E-state index in [2.05, 4.69) is 25.8 Å². The van der Waals surface area contributed by atoms with Gasteiger partial charge in [-0.1, -0.05) is 11.6 Å². The van der Waals surface area contributed by atoms with Crippen LogP contribution in [0.5, 0.6) is 0 Å². The van der Waals surface area contributed by atoms with E-state index in [9.17, 15) is 15.2 Å². The lowest BCUT2D eigenvalue weighted by Crippen LogP contribution is -2.43. The second kappa shape index (κ2) is 11.3. The van der Waals surface area contributed by atoms with Gasteiger partial charge in [0, 0.05) is 19.6 Å². The second-order valence-electron chi connectivity index (χ2n) is 11.0. The molecule has 1 saturated carbocycles. The maximum atomic E-state index is 12.2. The highest BCUT2D eigenvalue weighted by molar-refractivity contribution is 5.76. The Balaban J connectivity index is 1.39. The van der Waals surface area contributed by atoms with Gasteiger partial charge in [0.15, 0.2) is 5.82 Å². The molecule has 1 aliphatic carbocycles. The first-order valence-corrected chi connectivity index (χ1v) is 12.9. The number of fused-ring (bicyclic) bond motifs is 1. The molecule has 0 saturated heterocycles. The van der Waals surface area contributed by atoms with Crippen molar-refractivity contribution in [3.63, 3.8) is 0 Å². The molecule has 1 amide bonds. The third-order valence-corrected chi connectivity index (χ3v) is 7.02. The van der Waals surface area contributed by atoms with Crippen LogP contribution < -0.4 is 0 Å². The molecule has 1 fully saturated rings. The molecule has 0 spiro atoms. The number of hydrogen-bond donors (Lipinski definition) is 1. The van der Waals surface area contributed by atoms with E-state index >= 15 is 0 Å². The molecule has 0 aliphatic heterocycles. The third kappa shape index (κ3) is 6.66.